The van der Waals surface area contributed by atoms with Crippen molar-refractivity contribution in [3.05, 3.63) is 58.4 Å². The topological polar surface area (TPSA) is 59.5 Å². The van der Waals surface area contributed by atoms with E-state index in [2.05, 4.69) is 4.98 Å². The Kier molecular flexibility index (Phi) is 4.80. The number of hydrogen-bond acceptors (Lipinski definition) is 6. The second-order valence-corrected chi connectivity index (χ2v) is 8.26. The molecule has 0 unspecified atom stereocenters. The Morgan fingerprint density at radius 1 is 1.22 bits per heavy atom. The molecule has 1 amide bonds. The molecule has 2 aromatic heterocycles. The van der Waals surface area contributed by atoms with Crippen LogP contribution >= 0.6 is 22.7 Å². The fraction of sp³-hybridized carbons (Fsp3) is 0.250. The molecule has 0 aliphatic carbocycles. The Labute approximate surface area is 165 Å². The van der Waals surface area contributed by atoms with Gasteiger partial charge in [0.05, 0.1) is 4.88 Å². The molecule has 1 aromatic carbocycles. The highest BCUT2D eigenvalue weighted by Crippen LogP contribution is 2.33. The van der Waals surface area contributed by atoms with E-state index in [0.717, 1.165) is 27.6 Å². The number of esters is 1. The summed E-state index contributed by atoms with van der Waals surface area (Å²) in [7, 11) is 0. The third-order valence-corrected chi connectivity index (χ3v) is 6.40. The first kappa shape index (κ1) is 17.9. The van der Waals surface area contributed by atoms with Gasteiger partial charge in [-0.05, 0) is 43.3 Å². The van der Waals surface area contributed by atoms with Crippen LogP contribution in [0.3, 0.4) is 0 Å². The third-order valence-electron chi connectivity index (χ3n) is 4.52. The minimum atomic E-state index is -0.877. The number of thiazole rings is 1. The maximum absolute atomic E-state index is 12.9. The lowest BCUT2D eigenvalue weighted by Crippen LogP contribution is -2.43. The monoisotopic (exact) mass is 398 g/mol. The van der Waals surface area contributed by atoms with E-state index in [1.807, 2.05) is 48.7 Å². The lowest BCUT2D eigenvalue weighted by atomic mass is 10.1. The van der Waals surface area contributed by atoms with Crippen molar-refractivity contribution in [1.82, 2.24) is 4.98 Å². The number of para-hydroxylation sites is 1. The Morgan fingerprint density at radius 2 is 2.04 bits per heavy atom. The summed E-state index contributed by atoms with van der Waals surface area (Å²) in [5, 5.41) is 4.41. The molecular formula is C20H18N2O3S2. The van der Waals surface area contributed by atoms with Gasteiger partial charge in [-0.3, -0.25) is 4.79 Å². The number of ether oxygens (including phenoxy) is 1. The largest absolute Gasteiger partial charge is 0.448 e. The first-order valence-electron chi connectivity index (χ1n) is 8.66. The average Bonchev–Trinajstić information content (AvgIpc) is 3.39. The van der Waals surface area contributed by atoms with E-state index in [1.165, 1.54) is 11.3 Å². The van der Waals surface area contributed by atoms with Crippen LogP contribution in [0, 0.1) is 0 Å². The van der Waals surface area contributed by atoms with Gasteiger partial charge in [-0.15, -0.1) is 22.7 Å². The second kappa shape index (κ2) is 7.25. The van der Waals surface area contributed by atoms with Crippen LogP contribution in [0.15, 0.2) is 47.2 Å². The van der Waals surface area contributed by atoms with Crippen LogP contribution in [-0.2, 0) is 16.0 Å². The molecule has 0 saturated heterocycles. The smallest absolute Gasteiger partial charge is 0.358 e. The van der Waals surface area contributed by atoms with Crippen molar-refractivity contribution < 1.29 is 14.3 Å². The molecule has 0 fully saturated rings. The maximum Gasteiger partial charge on any atom is 0.358 e. The van der Waals surface area contributed by atoms with Crippen LogP contribution in [0.4, 0.5) is 5.69 Å². The SMILES string of the molecule is C[C@H](OC(=O)c1csc(-c2cccs2)n1)C(=O)N1c2ccccc2C[C@H]1C. The number of nitrogens with zero attached hydrogens (tertiary/aromatic N) is 2. The van der Waals surface area contributed by atoms with Gasteiger partial charge in [-0.25, -0.2) is 9.78 Å². The zero-order valence-corrected chi connectivity index (χ0v) is 16.5. The standard InChI is InChI=1S/C20H18N2O3S2/c1-12-10-14-6-3-4-7-16(14)22(12)19(23)13(2)25-20(24)15-11-27-18(21-15)17-8-5-9-26-17/h3-9,11-13H,10H2,1-2H3/t12-,13+/m1/s1. The van der Waals surface area contributed by atoms with Gasteiger partial charge in [0.25, 0.3) is 5.91 Å². The second-order valence-electron chi connectivity index (χ2n) is 6.45. The zero-order valence-electron chi connectivity index (χ0n) is 14.9. The molecule has 27 heavy (non-hydrogen) atoms. The van der Waals surface area contributed by atoms with E-state index in [9.17, 15) is 9.59 Å². The molecule has 0 saturated carbocycles. The number of amides is 1. The number of thiophene rings is 1. The van der Waals surface area contributed by atoms with Crippen molar-refractivity contribution in [3.63, 3.8) is 0 Å². The summed E-state index contributed by atoms with van der Waals surface area (Å²) in [5.41, 5.74) is 2.27. The summed E-state index contributed by atoms with van der Waals surface area (Å²) in [6.45, 7) is 3.61. The van der Waals surface area contributed by atoms with E-state index >= 15 is 0 Å². The zero-order chi connectivity index (χ0) is 19.0. The fourth-order valence-corrected chi connectivity index (χ4v) is 4.85. The predicted octanol–water partition coefficient (Wildman–Crippen LogP) is 4.39. The Morgan fingerprint density at radius 3 is 2.81 bits per heavy atom. The fourth-order valence-electron chi connectivity index (χ4n) is 3.25. The highest BCUT2D eigenvalue weighted by Gasteiger charge is 2.34. The minimum absolute atomic E-state index is 0.0424. The molecule has 4 rings (SSSR count). The van der Waals surface area contributed by atoms with Gasteiger partial charge >= 0.3 is 5.97 Å². The normalized spacial score (nSPS) is 16.8. The molecule has 0 N–H and O–H groups in total. The van der Waals surface area contributed by atoms with E-state index in [0.29, 0.717) is 0 Å². The Hall–Kier alpha value is -2.51. The summed E-state index contributed by atoms with van der Waals surface area (Å²) < 4.78 is 5.42. The van der Waals surface area contributed by atoms with Crippen molar-refractivity contribution in [1.29, 1.82) is 0 Å². The number of carbonyl (C=O) groups is 2. The third kappa shape index (κ3) is 3.40. The lowest BCUT2D eigenvalue weighted by molar-refractivity contribution is -0.126. The van der Waals surface area contributed by atoms with E-state index in [1.54, 1.807) is 28.5 Å². The molecule has 0 spiro atoms. The van der Waals surface area contributed by atoms with Crippen molar-refractivity contribution >= 4 is 40.2 Å². The van der Waals surface area contributed by atoms with E-state index in [-0.39, 0.29) is 17.6 Å². The van der Waals surface area contributed by atoms with Crippen LogP contribution in [0.25, 0.3) is 9.88 Å². The molecule has 5 nitrogen and oxygen atoms in total. The van der Waals surface area contributed by atoms with Gasteiger partial charge in [-0.1, -0.05) is 24.3 Å². The number of anilines is 1. The van der Waals surface area contributed by atoms with Crippen LogP contribution in [0.5, 0.6) is 0 Å². The maximum atomic E-state index is 12.9. The van der Waals surface area contributed by atoms with Crippen LogP contribution in [-0.4, -0.2) is 29.0 Å². The number of benzene rings is 1. The van der Waals surface area contributed by atoms with Gasteiger partial charge in [0, 0.05) is 17.1 Å². The summed E-state index contributed by atoms with van der Waals surface area (Å²) in [5.74, 6) is -0.787. The van der Waals surface area contributed by atoms with Crippen LogP contribution in [0.2, 0.25) is 0 Å². The number of fused-ring (bicyclic) bond motifs is 1. The number of carbonyl (C=O) groups excluding carboxylic acids is 2. The van der Waals surface area contributed by atoms with Crippen LogP contribution in [0.1, 0.15) is 29.9 Å². The van der Waals surface area contributed by atoms with Crippen molar-refractivity contribution in [2.24, 2.45) is 0 Å². The van der Waals surface area contributed by atoms with Gasteiger partial charge in [-0.2, -0.15) is 0 Å². The van der Waals surface area contributed by atoms with E-state index in [4.69, 9.17) is 4.74 Å². The van der Waals surface area contributed by atoms with Crippen LogP contribution < -0.4 is 4.90 Å². The summed E-state index contributed by atoms with van der Waals surface area (Å²) in [4.78, 5) is 32.4. The summed E-state index contributed by atoms with van der Waals surface area (Å²) >= 11 is 2.96. The van der Waals surface area contributed by atoms with Gasteiger partial charge in [0.2, 0.25) is 0 Å². The lowest BCUT2D eigenvalue weighted by Gasteiger charge is -2.25. The summed E-state index contributed by atoms with van der Waals surface area (Å²) in [6, 6.07) is 11.8. The number of aromatic nitrogens is 1. The molecule has 2 atom stereocenters. The minimum Gasteiger partial charge on any atom is -0.448 e. The van der Waals surface area contributed by atoms with Crippen molar-refractivity contribution in [2.75, 3.05) is 4.90 Å². The molecule has 138 valence electrons. The first-order valence-corrected chi connectivity index (χ1v) is 10.4. The molecule has 0 bridgehead atoms. The molecule has 0 radical (unpaired) electrons. The van der Waals surface area contributed by atoms with Crippen molar-refractivity contribution in [3.8, 4) is 9.88 Å². The first-order chi connectivity index (χ1) is 13.0. The van der Waals surface area contributed by atoms with Crippen molar-refractivity contribution in [2.45, 2.75) is 32.4 Å². The highest BCUT2D eigenvalue weighted by atomic mass is 32.1. The molecule has 3 aromatic rings. The predicted molar refractivity (Wildman–Crippen MR) is 107 cm³/mol. The Balaban J connectivity index is 1.47. The quantitative estimate of drug-likeness (QED) is 0.612. The molecule has 7 heteroatoms. The molecule has 1 aliphatic rings. The van der Waals surface area contributed by atoms with E-state index < -0.39 is 12.1 Å². The van der Waals surface area contributed by atoms with Gasteiger partial charge < -0.3 is 9.64 Å². The molecular weight excluding hydrogens is 380 g/mol. The van der Waals surface area contributed by atoms with Gasteiger partial charge in [0.1, 0.15) is 5.01 Å². The summed E-state index contributed by atoms with van der Waals surface area (Å²) in [6.07, 6.45) is -0.0725. The van der Waals surface area contributed by atoms with Gasteiger partial charge in [0.15, 0.2) is 11.8 Å². The number of rotatable bonds is 4. The molecule has 1 aliphatic heterocycles. The number of hydrogen-bond donors (Lipinski definition) is 0. The highest BCUT2D eigenvalue weighted by molar-refractivity contribution is 7.20. The average molecular weight is 399 g/mol. The Bertz CT molecular complexity index is 981. The molecule has 3 heterocycles.